The Kier molecular flexibility index (Phi) is 5.38. The number of nitrogens with one attached hydrogen (secondary N) is 2. The van der Waals surface area contributed by atoms with Gasteiger partial charge in [-0.15, -0.1) is 17.9 Å². The summed E-state index contributed by atoms with van der Waals surface area (Å²) in [6, 6.07) is 6.31. The molecule has 0 amide bonds. The molecule has 1 aromatic carbocycles. The van der Waals surface area contributed by atoms with Crippen LogP contribution in [0.2, 0.25) is 0 Å². The molecule has 9 heteroatoms. The van der Waals surface area contributed by atoms with Crippen LogP contribution in [0.15, 0.2) is 47.2 Å². The smallest absolute Gasteiger partial charge is 0.278 e. The standard InChI is InChI=1S/C24H27N7OS/c1-5-10-30-21(32)18-13-26-23(27-17-7-6-16-12-25-9-8-15(16)11-17)29-20(18)31(30)19-14-33-22(28-19)24(2,3)4/h5-7,11,13-14,25H,1,8-10,12H2,2-4H3,(H,26,27,29). The fraction of sp³-hybridized carbons (Fsp3) is 0.333. The molecule has 0 fully saturated rings. The van der Waals surface area contributed by atoms with Gasteiger partial charge < -0.3 is 10.6 Å². The highest BCUT2D eigenvalue weighted by molar-refractivity contribution is 7.10. The second kappa shape index (κ2) is 8.24. The lowest BCUT2D eigenvalue weighted by Crippen LogP contribution is -2.23. The summed E-state index contributed by atoms with van der Waals surface area (Å²) in [6.07, 6.45) is 4.28. The summed E-state index contributed by atoms with van der Waals surface area (Å²) in [5.74, 6) is 1.11. The zero-order valence-electron chi connectivity index (χ0n) is 19.1. The van der Waals surface area contributed by atoms with Gasteiger partial charge in [-0.1, -0.05) is 32.9 Å². The number of rotatable bonds is 5. The lowest BCUT2D eigenvalue weighted by atomic mass is 9.98. The molecule has 0 bridgehead atoms. The molecule has 2 N–H and O–H groups in total. The molecule has 0 spiro atoms. The normalized spacial score (nSPS) is 13.8. The molecule has 1 aliphatic rings. The quantitative estimate of drug-likeness (QED) is 0.438. The Morgan fingerprint density at radius 2 is 2.12 bits per heavy atom. The summed E-state index contributed by atoms with van der Waals surface area (Å²) >= 11 is 1.58. The van der Waals surface area contributed by atoms with Crippen LogP contribution in [0.5, 0.6) is 0 Å². The van der Waals surface area contributed by atoms with Crippen molar-refractivity contribution in [1.82, 2.24) is 29.6 Å². The zero-order chi connectivity index (χ0) is 23.2. The van der Waals surface area contributed by atoms with Gasteiger partial charge in [0.15, 0.2) is 11.5 Å². The fourth-order valence-corrected chi connectivity index (χ4v) is 4.87. The van der Waals surface area contributed by atoms with Crippen LogP contribution in [0.1, 0.15) is 36.9 Å². The number of thiazole rings is 1. The maximum atomic E-state index is 13.1. The topological polar surface area (TPSA) is 89.7 Å². The Bertz CT molecular complexity index is 1410. The summed E-state index contributed by atoms with van der Waals surface area (Å²) in [5, 5.41) is 10.1. The molecular weight excluding hydrogens is 434 g/mol. The number of fused-ring (bicyclic) bond motifs is 2. The molecule has 4 heterocycles. The summed E-state index contributed by atoms with van der Waals surface area (Å²) in [5.41, 5.74) is 3.84. The third kappa shape index (κ3) is 3.98. The number of aromatic nitrogens is 5. The number of anilines is 2. The van der Waals surface area contributed by atoms with Crippen LogP contribution in [-0.4, -0.2) is 30.9 Å². The van der Waals surface area contributed by atoms with Crippen molar-refractivity contribution in [3.8, 4) is 5.82 Å². The van der Waals surface area contributed by atoms with Gasteiger partial charge >= 0.3 is 0 Å². The van der Waals surface area contributed by atoms with Crippen LogP contribution in [-0.2, 0) is 24.9 Å². The molecule has 4 aromatic rings. The Morgan fingerprint density at radius 1 is 1.27 bits per heavy atom. The molecule has 1 aliphatic heterocycles. The predicted molar refractivity (Wildman–Crippen MR) is 133 cm³/mol. The Hall–Kier alpha value is -3.30. The molecule has 3 aromatic heterocycles. The van der Waals surface area contributed by atoms with Crippen molar-refractivity contribution in [3.05, 3.63) is 68.9 Å². The highest BCUT2D eigenvalue weighted by atomic mass is 32.1. The molecule has 0 aliphatic carbocycles. The second-order valence-corrected chi connectivity index (χ2v) is 10.1. The Morgan fingerprint density at radius 3 is 2.88 bits per heavy atom. The largest absolute Gasteiger partial charge is 0.324 e. The predicted octanol–water partition coefficient (Wildman–Crippen LogP) is 3.91. The minimum Gasteiger partial charge on any atom is -0.324 e. The molecule has 0 atom stereocenters. The van der Waals surface area contributed by atoms with Crippen LogP contribution in [0.25, 0.3) is 16.9 Å². The molecule has 8 nitrogen and oxygen atoms in total. The number of nitrogens with zero attached hydrogens (tertiary/aromatic N) is 5. The summed E-state index contributed by atoms with van der Waals surface area (Å²) in [6.45, 7) is 12.4. The Balaban J connectivity index is 1.59. The minimum absolute atomic E-state index is 0.0842. The van der Waals surface area contributed by atoms with Gasteiger partial charge in [0, 0.05) is 29.2 Å². The van der Waals surface area contributed by atoms with Gasteiger partial charge in [-0.2, -0.15) is 4.98 Å². The summed E-state index contributed by atoms with van der Waals surface area (Å²) in [4.78, 5) is 27.1. The van der Waals surface area contributed by atoms with E-state index in [4.69, 9.17) is 9.97 Å². The average molecular weight is 462 g/mol. The van der Waals surface area contributed by atoms with E-state index >= 15 is 0 Å². The van der Waals surface area contributed by atoms with E-state index in [0.29, 0.717) is 29.3 Å². The molecule has 0 saturated carbocycles. The molecule has 170 valence electrons. The van der Waals surface area contributed by atoms with Crippen molar-refractivity contribution in [2.75, 3.05) is 11.9 Å². The minimum atomic E-state index is -0.164. The molecular formula is C24H27N7OS. The van der Waals surface area contributed by atoms with E-state index in [1.165, 1.54) is 11.1 Å². The lowest BCUT2D eigenvalue weighted by molar-refractivity contribution is 0.570. The van der Waals surface area contributed by atoms with Crippen LogP contribution in [0, 0.1) is 0 Å². The van der Waals surface area contributed by atoms with Crippen LogP contribution < -0.4 is 16.2 Å². The van der Waals surface area contributed by atoms with E-state index in [0.717, 1.165) is 30.2 Å². The van der Waals surface area contributed by atoms with Gasteiger partial charge in [-0.3, -0.25) is 4.79 Å². The third-order valence-electron chi connectivity index (χ3n) is 5.68. The number of benzene rings is 1. The maximum Gasteiger partial charge on any atom is 0.278 e. The summed E-state index contributed by atoms with van der Waals surface area (Å²) < 4.78 is 3.37. The van der Waals surface area contributed by atoms with Gasteiger partial charge in [0.25, 0.3) is 5.56 Å². The van der Waals surface area contributed by atoms with Crippen molar-refractivity contribution in [1.29, 1.82) is 0 Å². The first-order valence-corrected chi connectivity index (χ1v) is 11.9. The van der Waals surface area contributed by atoms with Gasteiger partial charge in [0.2, 0.25) is 5.95 Å². The van der Waals surface area contributed by atoms with Crippen LogP contribution in [0.3, 0.4) is 0 Å². The average Bonchev–Trinajstić information content (AvgIpc) is 3.38. The number of allylic oxidation sites excluding steroid dienone is 1. The van der Waals surface area contributed by atoms with E-state index < -0.39 is 0 Å². The van der Waals surface area contributed by atoms with Gasteiger partial charge in [0.1, 0.15) is 10.4 Å². The zero-order valence-corrected chi connectivity index (χ0v) is 19.9. The second-order valence-electron chi connectivity index (χ2n) is 9.21. The van der Waals surface area contributed by atoms with Gasteiger partial charge in [-0.25, -0.2) is 19.3 Å². The van der Waals surface area contributed by atoms with Crippen LogP contribution >= 0.6 is 11.3 Å². The van der Waals surface area contributed by atoms with Crippen molar-refractivity contribution in [2.45, 2.75) is 45.7 Å². The van der Waals surface area contributed by atoms with E-state index in [9.17, 15) is 4.79 Å². The molecule has 5 rings (SSSR count). The SMILES string of the molecule is C=CCn1c(=O)c2cnc(Nc3ccc4c(c3)CCNC4)nc2n1-c1csc(C(C)(C)C)n1. The molecule has 0 radical (unpaired) electrons. The molecule has 33 heavy (non-hydrogen) atoms. The first-order chi connectivity index (χ1) is 15.8. The van der Waals surface area contributed by atoms with Crippen LogP contribution in [0.4, 0.5) is 11.6 Å². The Labute approximate surface area is 196 Å². The summed E-state index contributed by atoms with van der Waals surface area (Å²) in [7, 11) is 0. The van der Waals surface area contributed by atoms with Gasteiger partial charge in [-0.05, 0) is 36.2 Å². The van der Waals surface area contributed by atoms with E-state index in [1.54, 1.807) is 33.0 Å². The first kappa shape index (κ1) is 21.5. The van der Waals surface area contributed by atoms with Crippen molar-refractivity contribution < 1.29 is 0 Å². The molecule has 0 unspecified atom stereocenters. The number of hydrogen-bond donors (Lipinski definition) is 2. The van der Waals surface area contributed by atoms with Gasteiger partial charge in [0.05, 0.1) is 6.54 Å². The lowest BCUT2D eigenvalue weighted by Gasteiger charge is -2.18. The molecule has 0 saturated heterocycles. The monoisotopic (exact) mass is 461 g/mol. The maximum absolute atomic E-state index is 13.1. The van der Waals surface area contributed by atoms with Crippen molar-refractivity contribution >= 4 is 34.0 Å². The highest BCUT2D eigenvalue weighted by Crippen LogP contribution is 2.28. The highest BCUT2D eigenvalue weighted by Gasteiger charge is 2.22. The number of hydrogen-bond acceptors (Lipinski definition) is 7. The van der Waals surface area contributed by atoms with E-state index in [-0.39, 0.29) is 11.0 Å². The van der Waals surface area contributed by atoms with Crippen molar-refractivity contribution in [2.24, 2.45) is 0 Å². The van der Waals surface area contributed by atoms with E-state index in [2.05, 4.69) is 55.1 Å². The third-order valence-corrected chi connectivity index (χ3v) is 6.93. The van der Waals surface area contributed by atoms with Crippen molar-refractivity contribution in [3.63, 3.8) is 0 Å². The fourth-order valence-electron chi connectivity index (χ4n) is 4.00. The first-order valence-electron chi connectivity index (χ1n) is 11.0. The van der Waals surface area contributed by atoms with E-state index in [1.807, 2.05) is 11.4 Å².